The fourth-order valence-corrected chi connectivity index (χ4v) is 2.99. The number of carbonyl (C=O) groups is 1. The van der Waals surface area contributed by atoms with E-state index in [1.54, 1.807) is 0 Å². The van der Waals surface area contributed by atoms with Crippen molar-refractivity contribution in [3.63, 3.8) is 0 Å². The van der Waals surface area contributed by atoms with Gasteiger partial charge in [-0.15, -0.1) is 0 Å². The molecule has 0 bridgehead atoms. The Morgan fingerprint density at radius 2 is 2.38 bits per heavy atom. The smallest absolute Gasteiger partial charge is 0.228 e. The van der Waals surface area contributed by atoms with Gasteiger partial charge in [0.05, 0.1) is 0 Å². The zero-order valence-corrected chi connectivity index (χ0v) is 10.1. The summed E-state index contributed by atoms with van der Waals surface area (Å²) in [5.41, 5.74) is 8.30. The third-order valence-corrected chi connectivity index (χ3v) is 4.10. The Morgan fingerprint density at radius 1 is 1.56 bits per heavy atom. The Balaban J connectivity index is 2.08. The van der Waals surface area contributed by atoms with E-state index in [0.717, 1.165) is 34.9 Å². The zero-order valence-electron chi connectivity index (χ0n) is 9.32. The first-order valence-corrected chi connectivity index (χ1v) is 6.57. The van der Waals surface area contributed by atoms with Crippen LogP contribution >= 0.6 is 11.8 Å². The van der Waals surface area contributed by atoms with Gasteiger partial charge in [0, 0.05) is 23.0 Å². The summed E-state index contributed by atoms with van der Waals surface area (Å²) in [7, 11) is 0. The first kappa shape index (κ1) is 11.3. The molecule has 16 heavy (non-hydrogen) atoms. The number of anilines is 2. The molecule has 1 aromatic rings. The number of nitrogen functional groups attached to an aromatic ring is 1. The SMILES string of the molecule is Cc1c(N)cccc1NC(=O)C1CCSC1. The van der Waals surface area contributed by atoms with Crippen molar-refractivity contribution in [3.05, 3.63) is 23.8 Å². The molecule has 2 rings (SSSR count). The quantitative estimate of drug-likeness (QED) is 0.774. The van der Waals surface area contributed by atoms with Crippen LogP contribution in [0.15, 0.2) is 18.2 Å². The lowest BCUT2D eigenvalue weighted by Crippen LogP contribution is -2.22. The Morgan fingerprint density at radius 3 is 3.06 bits per heavy atom. The second-order valence-electron chi connectivity index (χ2n) is 4.07. The number of benzene rings is 1. The van der Waals surface area contributed by atoms with E-state index in [9.17, 15) is 4.79 Å². The minimum Gasteiger partial charge on any atom is -0.398 e. The molecule has 1 fully saturated rings. The van der Waals surface area contributed by atoms with Crippen molar-refractivity contribution in [1.82, 2.24) is 0 Å². The van der Waals surface area contributed by atoms with Crippen LogP contribution in [0.5, 0.6) is 0 Å². The van der Waals surface area contributed by atoms with E-state index in [1.165, 1.54) is 0 Å². The normalized spacial score (nSPS) is 19.7. The van der Waals surface area contributed by atoms with E-state index in [4.69, 9.17) is 5.73 Å². The first-order valence-electron chi connectivity index (χ1n) is 5.42. The molecule has 1 heterocycles. The predicted molar refractivity (Wildman–Crippen MR) is 69.7 cm³/mol. The minimum absolute atomic E-state index is 0.124. The van der Waals surface area contributed by atoms with Gasteiger partial charge in [0.25, 0.3) is 0 Å². The van der Waals surface area contributed by atoms with Crippen LogP contribution in [-0.4, -0.2) is 17.4 Å². The highest BCUT2D eigenvalue weighted by Crippen LogP contribution is 2.26. The van der Waals surface area contributed by atoms with Crippen molar-refractivity contribution < 1.29 is 4.79 Å². The third kappa shape index (κ3) is 2.32. The summed E-state index contributed by atoms with van der Waals surface area (Å²) in [5.74, 6) is 2.31. The zero-order chi connectivity index (χ0) is 11.5. The summed E-state index contributed by atoms with van der Waals surface area (Å²) in [5, 5.41) is 2.96. The Kier molecular flexibility index (Phi) is 3.39. The van der Waals surface area contributed by atoms with Crippen LogP contribution in [0.3, 0.4) is 0 Å². The highest BCUT2D eigenvalue weighted by Gasteiger charge is 2.23. The Bertz CT molecular complexity index is 400. The van der Waals surface area contributed by atoms with Gasteiger partial charge in [-0.05, 0) is 36.8 Å². The van der Waals surface area contributed by atoms with E-state index in [-0.39, 0.29) is 11.8 Å². The van der Waals surface area contributed by atoms with E-state index >= 15 is 0 Å². The summed E-state index contributed by atoms with van der Waals surface area (Å²) in [6.45, 7) is 1.92. The standard InChI is InChI=1S/C12H16N2OS/c1-8-10(13)3-2-4-11(8)14-12(15)9-5-6-16-7-9/h2-4,9H,5-7,13H2,1H3,(H,14,15). The highest BCUT2D eigenvalue weighted by molar-refractivity contribution is 7.99. The maximum absolute atomic E-state index is 11.9. The molecule has 0 spiro atoms. The lowest BCUT2D eigenvalue weighted by molar-refractivity contribution is -0.119. The lowest BCUT2D eigenvalue weighted by Gasteiger charge is -2.13. The van der Waals surface area contributed by atoms with Crippen LogP contribution in [0.4, 0.5) is 11.4 Å². The van der Waals surface area contributed by atoms with Crippen LogP contribution < -0.4 is 11.1 Å². The largest absolute Gasteiger partial charge is 0.398 e. The molecule has 86 valence electrons. The van der Waals surface area contributed by atoms with Crippen LogP contribution in [0, 0.1) is 12.8 Å². The molecule has 1 amide bonds. The summed E-state index contributed by atoms with van der Waals surface area (Å²) < 4.78 is 0. The lowest BCUT2D eigenvalue weighted by atomic mass is 10.1. The van der Waals surface area contributed by atoms with Gasteiger partial charge in [-0.1, -0.05) is 6.07 Å². The summed E-state index contributed by atoms with van der Waals surface area (Å²) in [4.78, 5) is 11.9. The third-order valence-electron chi connectivity index (χ3n) is 2.93. The molecular weight excluding hydrogens is 220 g/mol. The van der Waals surface area contributed by atoms with Crippen LogP contribution in [-0.2, 0) is 4.79 Å². The molecule has 0 saturated carbocycles. The molecule has 1 aliphatic rings. The van der Waals surface area contributed by atoms with Gasteiger partial charge < -0.3 is 11.1 Å². The molecule has 4 heteroatoms. The number of hydrogen-bond donors (Lipinski definition) is 2. The maximum Gasteiger partial charge on any atom is 0.228 e. The Labute approximate surface area is 99.8 Å². The fourth-order valence-electron chi connectivity index (χ4n) is 1.77. The van der Waals surface area contributed by atoms with E-state index in [1.807, 2.05) is 36.9 Å². The van der Waals surface area contributed by atoms with Crippen LogP contribution in [0.25, 0.3) is 0 Å². The van der Waals surface area contributed by atoms with Crippen LogP contribution in [0.2, 0.25) is 0 Å². The van der Waals surface area contributed by atoms with Gasteiger partial charge in [0.2, 0.25) is 5.91 Å². The average Bonchev–Trinajstić information content (AvgIpc) is 2.78. The number of amides is 1. The predicted octanol–water partition coefficient (Wildman–Crippen LogP) is 2.27. The minimum atomic E-state index is 0.124. The molecule has 1 aliphatic heterocycles. The van der Waals surface area contributed by atoms with E-state index in [2.05, 4.69) is 5.32 Å². The van der Waals surface area contributed by atoms with Crippen LogP contribution in [0.1, 0.15) is 12.0 Å². The van der Waals surface area contributed by atoms with Crippen molar-refractivity contribution >= 4 is 29.0 Å². The average molecular weight is 236 g/mol. The molecule has 1 unspecified atom stereocenters. The van der Waals surface area contributed by atoms with Crippen molar-refractivity contribution in [1.29, 1.82) is 0 Å². The van der Waals surface area contributed by atoms with Crippen molar-refractivity contribution in [2.24, 2.45) is 5.92 Å². The van der Waals surface area contributed by atoms with Crippen molar-refractivity contribution in [2.45, 2.75) is 13.3 Å². The summed E-state index contributed by atoms with van der Waals surface area (Å²) in [6.07, 6.45) is 0.984. The number of thioether (sulfide) groups is 1. The highest BCUT2D eigenvalue weighted by atomic mass is 32.2. The molecule has 1 atom stereocenters. The van der Waals surface area contributed by atoms with Gasteiger partial charge in [-0.25, -0.2) is 0 Å². The van der Waals surface area contributed by atoms with Gasteiger partial charge in [-0.2, -0.15) is 11.8 Å². The molecule has 3 N–H and O–H groups in total. The number of nitrogens with two attached hydrogens (primary N) is 1. The van der Waals surface area contributed by atoms with Gasteiger partial charge in [0.1, 0.15) is 0 Å². The van der Waals surface area contributed by atoms with E-state index < -0.39 is 0 Å². The second-order valence-corrected chi connectivity index (χ2v) is 5.22. The molecule has 0 aromatic heterocycles. The topological polar surface area (TPSA) is 55.1 Å². The number of carbonyl (C=O) groups excluding carboxylic acids is 1. The van der Waals surface area contributed by atoms with Gasteiger partial charge >= 0.3 is 0 Å². The van der Waals surface area contributed by atoms with E-state index in [0.29, 0.717) is 0 Å². The Hall–Kier alpha value is -1.16. The van der Waals surface area contributed by atoms with Gasteiger partial charge in [-0.3, -0.25) is 4.79 Å². The van der Waals surface area contributed by atoms with Crippen molar-refractivity contribution in [3.8, 4) is 0 Å². The molecule has 3 nitrogen and oxygen atoms in total. The maximum atomic E-state index is 11.9. The number of nitrogens with one attached hydrogen (secondary N) is 1. The van der Waals surface area contributed by atoms with Crippen molar-refractivity contribution in [2.75, 3.05) is 22.6 Å². The summed E-state index contributed by atoms with van der Waals surface area (Å²) >= 11 is 1.84. The molecule has 0 radical (unpaired) electrons. The molecule has 0 aliphatic carbocycles. The second kappa shape index (κ2) is 4.78. The molecule has 1 aromatic carbocycles. The fraction of sp³-hybridized carbons (Fsp3) is 0.417. The number of rotatable bonds is 2. The summed E-state index contributed by atoms with van der Waals surface area (Å²) in [6, 6.07) is 5.60. The first-order chi connectivity index (χ1) is 7.68. The number of hydrogen-bond acceptors (Lipinski definition) is 3. The molecule has 1 saturated heterocycles. The molecular formula is C12H16N2OS. The van der Waals surface area contributed by atoms with Gasteiger partial charge in [0.15, 0.2) is 0 Å². The monoisotopic (exact) mass is 236 g/mol.